The SMILES string of the molecule is N#CC(=Cc1ccc(O)c2c1CCCC2)C(N)=O. The van der Waals surface area contributed by atoms with Gasteiger partial charge >= 0.3 is 0 Å². The molecule has 1 aromatic carbocycles. The second-order valence-electron chi connectivity index (χ2n) is 4.37. The van der Waals surface area contributed by atoms with Gasteiger partial charge in [0.2, 0.25) is 0 Å². The van der Waals surface area contributed by atoms with Gasteiger partial charge in [-0.25, -0.2) is 0 Å². The fourth-order valence-corrected chi connectivity index (χ4v) is 2.33. The summed E-state index contributed by atoms with van der Waals surface area (Å²) < 4.78 is 0. The zero-order chi connectivity index (χ0) is 13.1. The lowest BCUT2D eigenvalue weighted by Gasteiger charge is -2.19. The van der Waals surface area contributed by atoms with E-state index in [1.165, 1.54) is 6.08 Å². The molecule has 2 rings (SSSR count). The minimum absolute atomic E-state index is 0.0616. The lowest BCUT2D eigenvalue weighted by molar-refractivity contribution is -0.114. The molecule has 18 heavy (non-hydrogen) atoms. The van der Waals surface area contributed by atoms with E-state index in [1.807, 2.05) is 0 Å². The number of aromatic hydroxyl groups is 1. The molecule has 0 aromatic heterocycles. The molecule has 1 aliphatic rings. The van der Waals surface area contributed by atoms with Gasteiger partial charge in [0, 0.05) is 0 Å². The number of rotatable bonds is 2. The molecule has 0 saturated carbocycles. The predicted octanol–water partition coefficient (Wildman–Crippen LogP) is 1.66. The normalized spacial score (nSPS) is 14.7. The van der Waals surface area contributed by atoms with Crippen molar-refractivity contribution in [1.29, 1.82) is 5.26 Å². The van der Waals surface area contributed by atoms with Gasteiger partial charge in [-0.2, -0.15) is 5.26 Å². The van der Waals surface area contributed by atoms with Gasteiger partial charge in [-0.15, -0.1) is 0 Å². The number of nitrogens with two attached hydrogens (primary N) is 1. The van der Waals surface area contributed by atoms with Crippen molar-refractivity contribution in [3.63, 3.8) is 0 Å². The van der Waals surface area contributed by atoms with E-state index in [2.05, 4.69) is 0 Å². The predicted molar refractivity (Wildman–Crippen MR) is 67.5 cm³/mol. The molecule has 92 valence electrons. The van der Waals surface area contributed by atoms with Crippen molar-refractivity contribution in [2.75, 3.05) is 0 Å². The Balaban J connectivity index is 2.53. The smallest absolute Gasteiger partial charge is 0.259 e. The monoisotopic (exact) mass is 242 g/mol. The van der Waals surface area contributed by atoms with Crippen molar-refractivity contribution in [2.24, 2.45) is 5.73 Å². The first-order valence-corrected chi connectivity index (χ1v) is 5.89. The van der Waals surface area contributed by atoms with Crippen LogP contribution in [-0.2, 0) is 17.6 Å². The van der Waals surface area contributed by atoms with Crippen LogP contribution in [0.5, 0.6) is 5.75 Å². The Bertz CT molecular complexity index is 568. The van der Waals surface area contributed by atoms with Crippen molar-refractivity contribution in [3.8, 4) is 11.8 Å². The number of phenols is 1. The van der Waals surface area contributed by atoms with Gasteiger partial charge in [0.1, 0.15) is 17.4 Å². The van der Waals surface area contributed by atoms with E-state index in [0.29, 0.717) is 5.75 Å². The van der Waals surface area contributed by atoms with Crippen molar-refractivity contribution in [1.82, 2.24) is 0 Å². The summed E-state index contributed by atoms with van der Waals surface area (Å²) in [6.45, 7) is 0. The van der Waals surface area contributed by atoms with Crippen LogP contribution in [0.4, 0.5) is 0 Å². The molecule has 4 heteroatoms. The van der Waals surface area contributed by atoms with E-state index in [1.54, 1.807) is 18.2 Å². The Labute approximate surface area is 105 Å². The van der Waals surface area contributed by atoms with Crippen LogP contribution in [0.25, 0.3) is 6.08 Å². The van der Waals surface area contributed by atoms with E-state index in [-0.39, 0.29) is 5.57 Å². The van der Waals surface area contributed by atoms with Gasteiger partial charge in [-0.3, -0.25) is 4.79 Å². The zero-order valence-electron chi connectivity index (χ0n) is 9.94. The summed E-state index contributed by atoms with van der Waals surface area (Å²) >= 11 is 0. The lowest BCUT2D eigenvalue weighted by atomic mass is 9.87. The molecule has 0 radical (unpaired) electrons. The number of phenolic OH excluding ortho intramolecular Hbond substituents is 1. The molecule has 3 N–H and O–H groups in total. The van der Waals surface area contributed by atoms with Crippen LogP contribution in [0.3, 0.4) is 0 Å². The highest BCUT2D eigenvalue weighted by Gasteiger charge is 2.16. The lowest BCUT2D eigenvalue weighted by Crippen LogP contribution is -2.13. The van der Waals surface area contributed by atoms with Crippen molar-refractivity contribution >= 4 is 12.0 Å². The van der Waals surface area contributed by atoms with Gasteiger partial charge in [-0.05, 0) is 54.5 Å². The molecule has 4 nitrogen and oxygen atoms in total. The molecule has 1 amide bonds. The summed E-state index contributed by atoms with van der Waals surface area (Å²) in [6, 6.07) is 5.12. The van der Waals surface area contributed by atoms with Crippen LogP contribution >= 0.6 is 0 Å². The quantitative estimate of drug-likeness (QED) is 0.610. The van der Waals surface area contributed by atoms with Crippen LogP contribution in [0.15, 0.2) is 17.7 Å². The van der Waals surface area contributed by atoms with Gasteiger partial charge in [0.25, 0.3) is 5.91 Å². The number of hydrogen-bond acceptors (Lipinski definition) is 3. The molecule has 0 spiro atoms. The third kappa shape index (κ3) is 2.21. The number of amides is 1. The maximum atomic E-state index is 11.1. The number of primary amides is 1. The maximum Gasteiger partial charge on any atom is 0.259 e. The van der Waals surface area contributed by atoms with Gasteiger partial charge in [0.05, 0.1) is 0 Å². The minimum Gasteiger partial charge on any atom is -0.508 e. The van der Waals surface area contributed by atoms with Crippen molar-refractivity contribution < 1.29 is 9.90 Å². The molecule has 0 fully saturated rings. The largest absolute Gasteiger partial charge is 0.508 e. The Kier molecular flexibility index (Phi) is 3.33. The first-order valence-electron chi connectivity index (χ1n) is 5.89. The van der Waals surface area contributed by atoms with Crippen LogP contribution in [0, 0.1) is 11.3 Å². The zero-order valence-corrected chi connectivity index (χ0v) is 9.94. The Hall–Kier alpha value is -2.28. The molecule has 0 saturated heterocycles. The van der Waals surface area contributed by atoms with Crippen LogP contribution in [0.2, 0.25) is 0 Å². The molecule has 0 unspecified atom stereocenters. The average Bonchev–Trinajstić information content (AvgIpc) is 2.38. The third-order valence-electron chi connectivity index (χ3n) is 3.23. The van der Waals surface area contributed by atoms with Crippen LogP contribution < -0.4 is 5.73 Å². The first kappa shape index (κ1) is 12.2. The van der Waals surface area contributed by atoms with Gasteiger partial charge < -0.3 is 10.8 Å². The Morgan fingerprint density at radius 2 is 2.00 bits per heavy atom. The van der Waals surface area contributed by atoms with Crippen LogP contribution in [-0.4, -0.2) is 11.0 Å². The number of carbonyl (C=O) groups excluding carboxylic acids is 1. The van der Waals surface area contributed by atoms with Gasteiger partial charge in [-0.1, -0.05) is 6.07 Å². The van der Waals surface area contributed by atoms with E-state index in [4.69, 9.17) is 11.0 Å². The molecule has 1 aliphatic carbocycles. The summed E-state index contributed by atoms with van der Waals surface area (Å²) in [5.41, 5.74) is 7.81. The summed E-state index contributed by atoms with van der Waals surface area (Å²) in [5, 5.41) is 18.7. The second-order valence-corrected chi connectivity index (χ2v) is 4.37. The second kappa shape index (κ2) is 4.92. The number of fused-ring (bicyclic) bond motifs is 1. The number of carbonyl (C=O) groups is 1. The van der Waals surface area contributed by atoms with Gasteiger partial charge in [0.15, 0.2) is 0 Å². The average molecular weight is 242 g/mol. The molecule has 0 bridgehead atoms. The maximum absolute atomic E-state index is 11.1. The van der Waals surface area contributed by atoms with Crippen molar-refractivity contribution in [3.05, 3.63) is 34.4 Å². The molecular formula is C14H14N2O2. The standard InChI is InChI=1S/C14H14N2O2/c15-8-10(14(16)18)7-9-5-6-13(17)12-4-2-1-3-11(9)12/h5-7,17H,1-4H2,(H2,16,18). The summed E-state index contributed by atoms with van der Waals surface area (Å²) in [6.07, 6.45) is 5.30. The van der Waals surface area contributed by atoms with Crippen LogP contribution in [0.1, 0.15) is 29.5 Å². The van der Waals surface area contributed by atoms with E-state index in [0.717, 1.165) is 42.4 Å². The number of benzene rings is 1. The first-order chi connectivity index (χ1) is 8.63. The molecular weight excluding hydrogens is 228 g/mol. The third-order valence-corrected chi connectivity index (χ3v) is 3.23. The van der Waals surface area contributed by atoms with E-state index >= 15 is 0 Å². The molecule has 1 aromatic rings. The number of nitrogens with zero attached hydrogens (tertiary/aromatic N) is 1. The topological polar surface area (TPSA) is 87.1 Å². The highest BCUT2D eigenvalue weighted by Crippen LogP contribution is 2.32. The van der Waals surface area contributed by atoms with Crippen molar-refractivity contribution in [2.45, 2.75) is 25.7 Å². The van der Waals surface area contributed by atoms with E-state index < -0.39 is 5.91 Å². The summed E-state index contributed by atoms with van der Waals surface area (Å²) in [4.78, 5) is 11.1. The Morgan fingerprint density at radius 1 is 1.33 bits per heavy atom. The fourth-order valence-electron chi connectivity index (χ4n) is 2.33. The van der Waals surface area contributed by atoms with E-state index in [9.17, 15) is 9.90 Å². The number of hydrogen-bond donors (Lipinski definition) is 2. The molecule has 0 aliphatic heterocycles. The highest BCUT2D eigenvalue weighted by molar-refractivity contribution is 6.00. The number of nitriles is 1. The summed E-state index contributed by atoms with van der Waals surface area (Å²) in [7, 11) is 0. The minimum atomic E-state index is -0.727. The fraction of sp³-hybridized carbons (Fsp3) is 0.286. The molecule has 0 heterocycles. The summed E-state index contributed by atoms with van der Waals surface area (Å²) in [5.74, 6) is -0.436. The Morgan fingerprint density at radius 3 is 2.61 bits per heavy atom. The molecule has 0 atom stereocenters. The highest BCUT2D eigenvalue weighted by atomic mass is 16.3.